The number of rotatable bonds is 11. The SMILES string of the molecule is Cc1cc(Cl)nc(Cl)c1C(=O)NCC[C@@H](C)N1CCC(NC(C(=O)Cn2ccnc2)c2ccsc2)CC1. The number of pyridine rings is 1. The largest absolute Gasteiger partial charge is 0.352 e. The summed E-state index contributed by atoms with van der Waals surface area (Å²) in [6, 6.07) is 3.92. The Kier molecular flexibility index (Phi) is 9.72. The molecule has 1 aliphatic heterocycles. The highest BCUT2D eigenvalue weighted by atomic mass is 35.5. The van der Waals surface area contributed by atoms with Crippen molar-refractivity contribution in [1.29, 1.82) is 0 Å². The first-order valence-electron chi connectivity index (χ1n) is 12.4. The molecule has 0 aromatic carbocycles. The molecule has 4 rings (SSSR count). The summed E-state index contributed by atoms with van der Waals surface area (Å²) < 4.78 is 1.81. The van der Waals surface area contributed by atoms with Gasteiger partial charge in [-0.3, -0.25) is 9.59 Å². The molecule has 37 heavy (non-hydrogen) atoms. The van der Waals surface area contributed by atoms with Gasteiger partial charge in [0.2, 0.25) is 0 Å². The molecule has 1 aliphatic rings. The van der Waals surface area contributed by atoms with Crippen molar-refractivity contribution in [3.05, 3.63) is 68.6 Å². The lowest BCUT2D eigenvalue weighted by Crippen LogP contribution is -2.48. The summed E-state index contributed by atoms with van der Waals surface area (Å²) in [5, 5.41) is 11.0. The summed E-state index contributed by atoms with van der Waals surface area (Å²) in [4.78, 5) is 36.2. The van der Waals surface area contributed by atoms with Crippen LogP contribution < -0.4 is 10.6 Å². The molecule has 198 valence electrons. The van der Waals surface area contributed by atoms with E-state index in [1.807, 2.05) is 27.6 Å². The van der Waals surface area contributed by atoms with E-state index in [9.17, 15) is 9.59 Å². The van der Waals surface area contributed by atoms with E-state index in [1.165, 1.54) is 0 Å². The Labute approximate surface area is 231 Å². The first-order chi connectivity index (χ1) is 17.8. The third-order valence-corrected chi connectivity index (χ3v) is 8.04. The highest BCUT2D eigenvalue weighted by Gasteiger charge is 2.28. The number of likely N-dealkylation sites (tertiary alicyclic amines) is 1. The number of nitrogens with one attached hydrogen (secondary N) is 2. The summed E-state index contributed by atoms with van der Waals surface area (Å²) in [6.45, 7) is 6.69. The summed E-state index contributed by atoms with van der Waals surface area (Å²) >= 11 is 13.6. The standard InChI is InChI=1S/C26H32Cl2N6O2S/c1-17-13-22(27)32-25(28)23(17)26(36)30-7-3-18(2)34-9-4-20(5-10-34)31-24(19-6-12-37-15-19)21(35)14-33-11-8-29-16-33/h6,8,11-13,15-16,18,20,24,31H,3-5,7,9-10,14H2,1-2H3,(H,30,36)/t18-,24?/m1/s1. The Morgan fingerprint density at radius 1 is 1.27 bits per heavy atom. The number of hydrogen-bond donors (Lipinski definition) is 2. The highest BCUT2D eigenvalue weighted by molar-refractivity contribution is 7.08. The predicted molar refractivity (Wildman–Crippen MR) is 147 cm³/mol. The van der Waals surface area contributed by atoms with E-state index >= 15 is 0 Å². The maximum Gasteiger partial charge on any atom is 0.254 e. The first-order valence-corrected chi connectivity index (χ1v) is 14.1. The molecule has 0 aliphatic carbocycles. The van der Waals surface area contributed by atoms with Gasteiger partial charge in [-0.05, 0) is 80.2 Å². The van der Waals surface area contributed by atoms with Gasteiger partial charge in [-0.15, -0.1) is 0 Å². The normalized spacial score (nSPS) is 16.4. The van der Waals surface area contributed by atoms with Crippen molar-refractivity contribution in [3.63, 3.8) is 0 Å². The number of imidazole rings is 1. The lowest BCUT2D eigenvalue weighted by molar-refractivity contribution is -0.122. The number of halogens is 2. The van der Waals surface area contributed by atoms with Crippen LogP contribution in [-0.4, -0.2) is 62.8 Å². The fraction of sp³-hybridized carbons (Fsp3) is 0.462. The summed E-state index contributed by atoms with van der Waals surface area (Å²) in [5.74, 6) is -0.101. The number of thiophene rings is 1. The van der Waals surface area contributed by atoms with Crippen LogP contribution in [0.25, 0.3) is 0 Å². The number of hydrogen-bond acceptors (Lipinski definition) is 7. The first kappa shape index (κ1) is 27.7. The molecule has 3 aromatic rings. The summed E-state index contributed by atoms with van der Waals surface area (Å²) in [7, 11) is 0. The maximum absolute atomic E-state index is 13.1. The molecule has 1 saturated heterocycles. The molecular weight excluding hydrogens is 531 g/mol. The molecule has 0 radical (unpaired) electrons. The van der Waals surface area contributed by atoms with Crippen molar-refractivity contribution >= 4 is 46.2 Å². The zero-order chi connectivity index (χ0) is 26.4. The number of amides is 1. The molecule has 0 saturated carbocycles. The van der Waals surface area contributed by atoms with Crippen LogP contribution in [0.3, 0.4) is 0 Å². The van der Waals surface area contributed by atoms with Crippen LogP contribution in [0.1, 0.15) is 53.7 Å². The molecule has 4 heterocycles. The highest BCUT2D eigenvalue weighted by Crippen LogP contribution is 2.23. The quantitative estimate of drug-likeness (QED) is 0.333. The molecule has 11 heteroatoms. The lowest BCUT2D eigenvalue weighted by Gasteiger charge is -2.37. The molecule has 1 fully saturated rings. The van der Waals surface area contributed by atoms with Gasteiger partial charge in [0.25, 0.3) is 5.91 Å². The number of aromatic nitrogens is 3. The van der Waals surface area contributed by atoms with Crippen LogP contribution >= 0.6 is 34.5 Å². The minimum Gasteiger partial charge on any atom is -0.352 e. The van der Waals surface area contributed by atoms with E-state index in [4.69, 9.17) is 23.2 Å². The van der Waals surface area contributed by atoms with Crippen LogP contribution in [0.5, 0.6) is 0 Å². The minimum atomic E-state index is -0.324. The lowest BCUT2D eigenvalue weighted by atomic mass is 9.98. The summed E-state index contributed by atoms with van der Waals surface area (Å²) in [6.07, 6.45) is 7.91. The van der Waals surface area contributed by atoms with E-state index < -0.39 is 0 Å². The van der Waals surface area contributed by atoms with Crippen LogP contribution in [0.4, 0.5) is 0 Å². The molecule has 2 atom stereocenters. The van der Waals surface area contributed by atoms with Gasteiger partial charge in [0, 0.05) is 31.0 Å². The van der Waals surface area contributed by atoms with Crippen molar-refractivity contribution < 1.29 is 9.59 Å². The fourth-order valence-electron chi connectivity index (χ4n) is 4.74. The van der Waals surface area contributed by atoms with Crippen LogP contribution in [0.15, 0.2) is 41.6 Å². The van der Waals surface area contributed by atoms with E-state index in [-0.39, 0.29) is 34.1 Å². The number of carbonyl (C=O) groups excluding carboxylic acids is 2. The minimum absolute atomic E-state index is 0.120. The van der Waals surface area contributed by atoms with Crippen LogP contribution in [0, 0.1) is 6.92 Å². The Balaban J connectivity index is 1.24. The van der Waals surface area contributed by atoms with Gasteiger partial charge in [-0.25, -0.2) is 9.97 Å². The van der Waals surface area contributed by atoms with Crippen LogP contribution in [0.2, 0.25) is 10.3 Å². The smallest absolute Gasteiger partial charge is 0.254 e. The van der Waals surface area contributed by atoms with Gasteiger partial charge in [0.1, 0.15) is 10.3 Å². The second-order valence-electron chi connectivity index (χ2n) is 9.49. The van der Waals surface area contributed by atoms with Gasteiger partial charge in [-0.1, -0.05) is 23.2 Å². The van der Waals surface area contributed by atoms with E-state index in [1.54, 1.807) is 36.9 Å². The number of piperidine rings is 1. The van der Waals surface area contributed by atoms with Gasteiger partial charge < -0.3 is 20.1 Å². The van der Waals surface area contributed by atoms with Gasteiger partial charge >= 0.3 is 0 Å². The number of Topliss-reactive ketones (excluding diaryl/α,β-unsaturated/α-hetero) is 1. The molecule has 1 amide bonds. The Morgan fingerprint density at radius 3 is 2.70 bits per heavy atom. The number of nitrogens with zero attached hydrogens (tertiary/aromatic N) is 4. The second kappa shape index (κ2) is 13.0. The second-order valence-corrected chi connectivity index (χ2v) is 11.0. The van der Waals surface area contributed by atoms with Crippen molar-refractivity contribution in [1.82, 2.24) is 30.1 Å². The van der Waals surface area contributed by atoms with Gasteiger partial charge in [0.05, 0.1) is 24.5 Å². The van der Waals surface area contributed by atoms with Crippen molar-refractivity contribution in [3.8, 4) is 0 Å². The van der Waals surface area contributed by atoms with E-state index in [0.717, 1.165) is 37.9 Å². The van der Waals surface area contributed by atoms with Gasteiger partial charge in [-0.2, -0.15) is 11.3 Å². The van der Waals surface area contributed by atoms with Crippen LogP contribution in [-0.2, 0) is 11.3 Å². The fourth-order valence-corrected chi connectivity index (χ4v) is 6.05. The molecule has 0 spiro atoms. The third-order valence-electron chi connectivity index (χ3n) is 6.87. The van der Waals surface area contributed by atoms with Crippen molar-refractivity contribution in [2.24, 2.45) is 0 Å². The third kappa shape index (κ3) is 7.39. The Bertz CT molecular complexity index is 1160. The average Bonchev–Trinajstić information content (AvgIpc) is 3.57. The van der Waals surface area contributed by atoms with E-state index in [2.05, 4.69) is 32.4 Å². The predicted octanol–water partition coefficient (Wildman–Crippen LogP) is 4.53. The number of carbonyl (C=O) groups is 2. The molecule has 3 aromatic heterocycles. The molecule has 2 N–H and O–H groups in total. The Hall–Kier alpha value is -2.30. The zero-order valence-corrected chi connectivity index (χ0v) is 23.3. The zero-order valence-electron chi connectivity index (χ0n) is 21.0. The molecule has 8 nitrogen and oxygen atoms in total. The number of ketones is 1. The Morgan fingerprint density at radius 2 is 2.05 bits per heavy atom. The average molecular weight is 564 g/mol. The molecule has 1 unspecified atom stereocenters. The van der Waals surface area contributed by atoms with E-state index in [0.29, 0.717) is 30.3 Å². The monoisotopic (exact) mass is 562 g/mol. The molecule has 0 bridgehead atoms. The summed E-state index contributed by atoms with van der Waals surface area (Å²) in [5.41, 5.74) is 2.09. The topological polar surface area (TPSA) is 92.2 Å². The van der Waals surface area contributed by atoms with Crippen molar-refractivity contribution in [2.45, 2.75) is 57.8 Å². The van der Waals surface area contributed by atoms with Gasteiger partial charge in [0.15, 0.2) is 5.78 Å². The van der Waals surface area contributed by atoms with Crippen molar-refractivity contribution in [2.75, 3.05) is 19.6 Å². The molecular formula is C26H32Cl2N6O2S. The maximum atomic E-state index is 13.1. The number of aryl methyl sites for hydroxylation is 1.